The van der Waals surface area contributed by atoms with Gasteiger partial charge in [-0.3, -0.25) is 4.79 Å². The molecular weight excluding hydrogens is 228 g/mol. The first-order valence-corrected chi connectivity index (χ1v) is 6.36. The molecule has 0 saturated heterocycles. The van der Waals surface area contributed by atoms with Crippen molar-refractivity contribution in [2.45, 2.75) is 32.6 Å². The van der Waals surface area contributed by atoms with E-state index in [1.807, 2.05) is 6.07 Å². The lowest BCUT2D eigenvalue weighted by molar-refractivity contribution is -0.121. The zero-order valence-corrected chi connectivity index (χ0v) is 11.0. The number of carbonyl (C=O) groups excluding carboxylic acids is 1. The van der Waals surface area contributed by atoms with Crippen LogP contribution < -0.4 is 15.8 Å². The first-order valence-electron chi connectivity index (χ1n) is 6.36. The fourth-order valence-electron chi connectivity index (χ4n) is 2.30. The molecule has 0 aromatic heterocycles. The van der Waals surface area contributed by atoms with Crippen molar-refractivity contribution in [3.8, 4) is 5.75 Å². The highest BCUT2D eigenvalue weighted by Gasteiger charge is 2.48. The van der Waals surface area contributed by atoms with Crippen LogP contribution in [0.25, 0.3) is 0 Å². The smallest absolute Gasteiger partial charge is 0.230 e. The van der Waals surface area contributed by atoms with Gasteiger partial charge in [0, 0.05) is 11.1 Å². The number of nitrogen functional groups attached to an aromatic ring is 1. The Morgan fingerprint density at radius 1 is 1.50 bits per heavy atom. The number of methoxy groups -OCH3 is 1. The van der Waals surface area contributed by atoms with Crippen LogP contribution in [0.3, 0.4) is 0 Å². The minimum Gasteiger partial charge on any atom is -0.495 e. The number of ether oxygens (including phenoxy) is 1. The van der Waals surface area contributed by atoms with E-state index in [1.165, 1.54) is 0 Å². The summed E-state index contributed by atoms with van der Waals surface area (Å²) in [5, 5.41) is 2.95. The Kier molecular flexibility index (Phi) is 3.45. The molecule has 2 rings (SSSR count). The van der Waals surface area contributed by atoms with Crippen LogP contribution in [0.1, 0.15) is 32.6 Å². The van der Waals surface area contributed by atoms with Crippen molar-refractivity contribution >= 4 is 17.3 Å². The average molecular weight is 248 g/mol. The fraction of sp³-hybridized carbons (Fsp3) is 0.500. The number of nitrogens with one attached hydrogen (secondary N) is 1. The predicted octanol–water partition coefficient (Wildman–Crippen LogP) is 2.80. The Bertz CT molecular complexity index is 453. The van der Waals surface area contributed by atoms with Gasteiger partial charge in [-0.2, -0.15) is 0 Å². The summed E-state index contributed by atoms with van der Waals surface area (Å²) < 4.78 is 5.09. The van der Waals surface area contributed by atoms with E-state index >= 15 is 0 Å². The highest BCUT2D eigenvalue weighted by atomic mass is 16.5. The Morgan fingerprint density at radius 3 is 2.72 bits per heavy atom. The first kappa shape index (κ1) is 12.7. The third kappa shape index (κ3) is 2.42. The molecule has 1 amide bonds. The Hall–Kier alpha value is -1.71. The summed E-state index contributed by atoms with van der Waals surface area (Å²) in [6.07, 6.45) is 4.00. The quantitative estimate of drug-likeness (QED) is 0.787. The predicted molar refractivity (Wildman–Crippen MR) is 72.6 cm³/mol. The van der Waals surface area contributed by atoms with Crippen molar-refractivity contribution in [3.63, 3.8) is 0 Å². The van der Waals surface area contributed by atoms with E-state index in [0.717, 1.165) is 31.4 Å². The molecule has 18 heavy (non-hydrogen) atoms. The van der Waals surface area contributed by atoms with Gasteiger partial charge in [-0.1, -0.05) is 13.3 Å². The molecular formula is C14H20N2O2. The molecule has 1 fully saturated rings. The molecule has 3 N–H and O–H groups in total. The van der Waals surface area contributed by atoms with E-state index in [0.29, 0.717) is 11.4 Å². The van der Waals surface area contributed by atoms with Gasteiger partial charge in [0.15, 0.2) is 0 Å². The van der Waals surface area contributed by atoms with Gasteiger partial charge in [-0.25, -0.2) is 0 Å². The van der Waals surface area contributed by atoms with Gasteiger partial charge in [-0.15, -0.1) is 0 Å². The van der Waals surface area contributed by atoms with Crippen LogP contribution in [0, 0.1) is 5.41 Å². The maximum atomic E-state index is 12.2. The normalized spacial score (nSPS) is 16.1. The highest BCUT2D eigenvalue weighted by Crippen LogP contribution is 2.50. The van der Waals surface area contributed by atoms with Crippen LogP contribution in [0.4, 0.5) is 11.4 Å². The third-order valence-corrected chi connectivity index (χ3v) is 3.55. The monoisotopic (exact) mass is 248 g/mol. The summed E-state index contributed by atoms with van der Waals surface area (Å²) in [6, 6.07) is 5.32. The van der Waals surface area contributed by atoms with Gasteiger partial charge in [0.25, 0.3) is 0 Å². The van der Waals surface area contributed by atoms with E-state index < -0.39 is 0 Å². The van der Waals surface area contributed by atoms with Crippen molar-refractivity contribution in [3.05, 3.63) is 18.2 Å². The van der Waals surface area contributed by atoms with Crippen LogP contribution in [-0.2, 0) is 4.79 Å². The van der Waals surface area contributed by atoms with Gasteiger partial charge < -0.3 is 15.8 Å². The van der Waals surface area contributed by atoms with Gasteiger partial charge >= 0.3 is 0 Å². The van der Waals surface area contributed by atoms with E-state index in [9.17, 15) is 4.79 Å². The summed E-state index contributed by atoms with van der Waals surface area (Å²) in [7, 11) is 1.57. The van der Waals surface area contributed by atoms with Crippen LogP contribution in [0.15, 0.2) is 18.2 Å². The summed E-state index contributed by atoms with van der Waals surface area (Å²) in [6.45, 7) is 2.11. The number of rotatable bonds is 5. The maximum Gasteiger partial charge on any atom is 0.230 e. The van der Waals surface area contributed by atoms with Gasteiger partial charge in [0.05, 0.1) is 12.8 Å². The lowest BCUT2D eigenvalue weighted by atomic mass is 9.99. The van der Waals surface area contributed by atoms with E-state index in [-0.39, 0.29) is 11.3 Å². The number of nitrogens with two attached hydrogens (primary N) is 1. The summed E-state index contributed by atoms with van der Waals surface area (Å²) >= 11 is 0. The number of hydrogen-bond donors (Lipinski definition) is 2. The number of hydrogen-bond acceptors (Lipinski definition) is 3. The van der Waals surface area contributed by atoms with Crippen molar-refractivity contribution < 1.29 is 9.53 Å². The molecule has 0 unspecified atom stereocenters. The lowest BCUT2D eigenvalue weighted by Gasteiger charge is -2.15. The first-order chi connectivity index (χ1) is 8.61. The molecule has 0 bridgehead atoms. The summed E-state index contributed by atoms with van der Waals surface area (Å²) in [5.41, 5.74) is 6.97. The second kappa shape index (κ2) is 4.88. The average Bonchev–Trinajstić information content (AvgIpc) is 3.11. The van der Waals surface area contributed by atoms with E-state index in [4.69, 9.17) is 10.5 Å². The minimum absolute atomic E-state index is 0.119. The summed E-state index contributed by atoms with van der Waals surface area (Å²) in [5.74, 6) is 0.747. The molecule has 0 heterocycles. The Balaban J connectivity index is 2.06. The zero-order chi connectivity index (χ0) is 13.2. The molecule has 4 heteroatoms. The number of amides is 1. The molecule has 0 radical (unpaired) electrons. The molecule has 1 aromatic rings. The molecule has 0 atom stereocenters. The Labute approximate surface area is 108 Å². The third-order valence-electron chi connectivity index (χ3n) is 3.55. The SMILES string of the molecule is CCCC1(C(=O)Nc2ccc(OC)c(N)c2)CC1. The molecule has 1 aliphatic rings. The molecule has 0 aliphatic heterocycles. The summed E-state index contributed by atoms with van der Waals surface area (Å²) in [4.78, 5) is 12.2. The second-order valence-corrected chi connectivity index (χ2v) is 4.94. The minimum atomic E-state index is -0.122. The molecule has 98 valence electrons. The lowest BCUT2D eigenvalue weighted by Crippen LogP contribution is -2.24. The fourth-order valence-corrected chi connectivity index (χ4v) is 2.30. The second-order valence-electron chi connectivity index (χ2n) is 4.94. The van der Waals surface area contributed by atoms with Crippen LogP contribution in [0.2, 0.25) is 0 Å². The molecule has 0 spiro atoms. The van der Waals surface area contributed by atoms with Crippen LogP contribution in [0.5, 0.6) is 5.75 Å². The standard InChI is InChI=1S/C14H20N2O2/c1-3-6-14(7-8-14)13(17)16-10-4-5-12(18-2)11(15)9-10/h4-5,9H,3,6-8,15H2,1-2H3,(H,16,17). The largest absolute Gasteiger partial charge is 0.495 e. The maximum absolute atomic E-state index is 12.2. The number of carbonyl (C=O) groups is 1. The number of benzene rings is 1. The van der Waals surface area contributed by atoms with Crippen LogP contribution in [-0.4, -0.2) is 13.0 Å². The molecule has 1 saturated carbocycles. The molecule has 1 aromatic carbocycles. The zero-order valence-electron chi connectivity index (χ0n) is 11.0. The van der Waals surface area contributed by atoms with Crippen molar-refractivity contribution in [1.29, 1.82) is 0 Å². The van der Waals surface area contributed by atoms with Gasteiger partial charge in [0.2, 0.25) is 5.91 Å². The van der Waals surface area contributed by atoms with E-state index in [2.05, 4.69) is 12.2 Å². The Morgan fingerprint density at radius 2 is 2.22 bits per heavy atom. The topological polar surface area (TPSA) is 64.3 Å². The van der Waals surface area contributed by atoms with Crippen molar-refractivity contribution in [1.82, 2.24) is 0 Å². The van der Waals surface area contributed by atoms with Gasteiger partial charge in [0.1, 0.15) is 5.75 Å². The van der Waals surface area contributed by atoms with E-state index in [1.54, 1.807) is 19.2 Å². The van der Waals surface area contributed by atoms with Gasteiger partial charge in [-0.05, 0) is 37.5 Å². The molecule has 4 nitrogen and oxygen atoms in total. The van der Waals surface area contributed by atoms with Crippen LogP contribution >= 0.6 is 0 Å². The molecule has 1 aliphatic carbocycles. The highest BCUT2D eigenvalue weighted by molar-refractivity contribution is 5.97. The van der Waals surface area contributed by atoms with Crippen molar-refractivity contribution in [2.75, 3.05) is 18.2 Å². The van der Waals surface area contributed by atoms with Crippen molar-refractivity contribution in [2.24, 2.45) is 5.41 Å². The number of anilines is 2.